The minimum atomic E-state index is -0.964. The Morgan fingerprint density at radius 3 is 2.58 bits per heavy atom. The third-order valence-corrected chi connectivity index (χ3v) is 4.14. The van der Waals surface area contributed by atoms with Crippen LogP contribution in [0.5, 0.6) is 11.5 Å². The summed E-state index contributed by atoms with van der Waals surface area (Å²) in [6.07, 6.45) is 1.95. The zero-order chi connectivity index (χ0) is 13.6. The second kappa shape index (κ2) is 4.24. The Morgan fingerprint density at radius 2 is 2.00 bits per heavy atom. The number of nitrogens with zero attached hydrogens (tertiary/aromatic N) is 1. The maximum absolute atomic E-state index is 11.2. The van der Waals surface area contributed by atoms with Gasteiger partial charge in [-0.05, 0) is 31.0 Å². The minimum Gasteiger partial charge on any atom is -0.504 e. The summed E-state index contributed by atoms with van der Waals surface area (Å²) in [5.41, 5.74) is 1.25. The lowest BCUT2D eigenvalue weighted by molar-refractivity contribution is 0.0700. The van der Waals surface area contributed by atoms with E-state index in [1.165, 1.54) is 12.1 Å². The highest BCUT2D eigenvalue weighted by Crippen LogP contribution is 2.44. The molecule has 0 aliphatic heterocycles. The molecule has 0 saturated heterocycles. The second-order valence-electron chi connectivity index (χ2n) is 4.52. The van der Waals surface area contributed by atoms with Gasteiger partial charge in [-0.2, -0.15) is 0 Å². The maximum Gasteiger partial charge on any atom is 0.347 e. The van der Waals surface area contributed by atoms with Gasteiger partial charge in [-0.3, -0.25) is 0 Å². The molecule has 19 heavy (non-hydrogen) atoms. The Hall–Kier alpha value is -2.08. The number of hydrogen-bond donors (Lipinski definition) is 3. The molecular formula is C13H11NO4S. The molecule has 0 radical (unpaired) electrons. The SMILES string of the molecule is O=C(O)c1sc(-c2ccc(O)c(O)c2)nc1C1CC1. The van der Waals surface area contributed by atoms with E-state index < -0.39 is 5.97 Å². The standard InChI is InChI=1S/C13H11NO4S/c15-8-4-3-7(5-9(8)16)12-14-10(6-1-2-6)11(19-12)13(17)18/h3-6,15-16H,1-2H2,(H,17,18). The summed E-state index contributed by atoms with van der Waals surface area (Å²) in [6.45, 7) is 0. The number of thiazole rings is 1. The van der Waals surface area contributed by atoms with Crippen LogP contribution in [0.15, 0.2) is 18.2 Å². The molecule has 0 unspecified atom stereocenters. The van der Waals surface area contributed by atoms with Gasteiger partial charge in [0.25, 0.3) is 0 Å². The van der Waals surface area contributed by atoms with E-state index in [-0.39, 0.29) is 22.3 Å². The molecule has 1 aliphatic rings. The van der Waals surface area contributed by atoms with Gasteiger partial charge in [-0.15, -0.1) is 11.3 Å². The number of aromatic carboxylic acids is 1. The third-order valence-electron chi connectivity index (χ3n) is 3.03. The Labute approximate surface area is 112 Å². The summed E-state index contributed by atoms with van der Waals surface area (Å²) >= 11 is 1.10. The molecule has 1 aromatic heterocycles. The number of carbonyl (C=O) groups is 1. The molecule has 98 valence electrons. The molecule has 2 aromatic rings. The fourth-order valence-corrected chi connectivity index (χ4v) is 2.88. The van der Waals surface area contributed by atoms with Crippen molar-refractivity contribution in [2.45, 2.75) is 18.8 Å². The minimum absolute atomic E-state index is 0.207. The number of phenols is 2. The lowest BCUT2D eigenvalue weighted by Gasteiger charge is -1.99. The molecule has 1 saturated carbocycles. The zero-order valence-corrected chi connectivity index (χ0v) is 10.6. The van der Waals surface area contributed by atoms with Crippen LogP contribution in [-0.4, -0.2) is 26.3 Å². The quantitative estimate of drug-likeness (QED) is 0.750. The molecule has 5 nitrogen and oxygen atoms in total. The van der Waals surface area contributed by atoms with Crippen LogP contribution in [0, 0.1) is 0 Å². The van der Waals surface area contributed by atoms with Crippen molar-refractivity contribution in [2.24, 2.45) is 0 Å². The first-order valence-electron chi connectivity index (χ1n) is 5.82. The van der Waals surface area contributed by atoms with E-state index in [2.05, 4.69) is 4.98 Å². The Bertz CT molecular complexity index is 661. The predicted octanol–water partition coefficient (Wildman–Crippen LogP) is 2.80. The Morgan fingerprint density at radius 1 is 1.26 bits per heavy atom. The van der Waals surface area contributed by atoms with Crippen molar-refractivity contribution in [3.8, 4) is 22.1 Å². The number of rotatable bonds is 3. The highest BCUT2D eigenvalue weighted by atomic mass is 32.1. The van der Waals surface area contributed by atoms with E-state index in [4.69, 9.17) is 0 Å². The fourth-order valence-electron chi connectivity index (χ4n) is 1.90. The number of hydrogen-bond acceptors (Lipinski definition) is 5. The summed E-state index contributed by atoms with van der Waals surface area (Å²) in [5, 5.41) is 28.5. The van der Waals surface area contributed by atoms with E-state index in [9.17, 15) is 20.1 Å². The summed E-state index contributed by atoms with van der Waals surface area (Å²) in [6, 6.07) is 4.36. The van der Waals surface area contributed by atoms with Crippen LogP contribution in [0.3, 0.4) is 0 Å². The van der Waals surface area contributed by atoms with Crippen molar-refractivity contribution >= 4 is 17.3 Å². The first kappa shape index (κ1) is 12.0. The van der Waals surface area contributed by atoms with Gasteiger partial charge in [-0.1, -0.05) is 0 Å². The third kappa shape index (κ3) is 2.15. The molecule has 0 spiro atoms. The van der Waals surface area contributed by atoms with Crippen molar-refractivity contribution in [3.05, 3.63) is 28.8 Å². The number of benzene rings is 1. The Kier molecular flexibility index (Phi) is 2.67. The van der Waals surface area contributed by atoms with Crippen LogP contribution in [0.25, 0.3) is 10.6 Å². The fraction of sp³-hybridized carbons (Fsp3) is 0.231. The lowest BCUT2D eigenvalue weighted by atomic mass is 10.2. The smallest absolute Gasteiger partial charge is 0.347 e. The number of aromatic nitrogens is 1. The van der Waals surface area contributed by atoms with Crippen molar-refractivity contribution in [1.29, 1.82) is 0 Å². The van der Waals surface area contributed by atoms with Gasteiger partial charge in [0, 0.05) is 11.5 Å². The first-order chi connectivity index (χ1) is 9.06. The lowest BCUT2D eigenvalue weighted by Crippen LogP contribution is -1.97. The first-order valence-corrected chi connectivity index (χ1v) is 6.64. The zero-order valence-electron chi connectivity index (χ0n) is 9.83. The predicted molar refractivity (Wildman–Crippen MR) is 69.8 cm³/mol. The van der Waals surface area contributed by atoms with Gasteiger partial charge in [0.15, 0.2) is 11.5 Å². The molecule has 1 heterocycles. The van der Waals surface area contributed by atoms with E-state index in [1.807, 2.05) is 0 Å². The van der Waals surface area contributed by atoms with Crippen LogP contribution in [0.2, 0.25) is 0 Å². The van der Waals surface area contributed by atoms with Gasteiger partial charge in [0.05, 0.1) is 5.69 Å². The van der Waals surface area contributed by atoms with Gasteiger partial charge in [0.2, 0.25) is 0 Å². The molecule has 1 aliphatic carbocycles. The molecule has 3 rings (SSSR count). The molecule has 0 amide bonds. The van der Waals surface area contributed by atoms with Crippen LogP contribution >= 0.6 is 11.3 Å². The average molecular weight is 277 g/mol. The van der Waals surface area contributed by atoms with E-state index >= 15 is 0 Å². The van der Waals surface area contributed by atoms with Crippen LogP contribution < -0.4 is 0 Å². The van der Waals surface area contributed by atoms with E-state index in [0.29, 0.717) is 16.3 Å². The molecule has 3 N–H and O–H groups in total. The van der Waals surface area contributed by atoms with E-state index in [0.717, 1.165) is 24.2 Å². The van der Waals surface area contributed by atoms with Crippen molar-refractivity contribution < 1.29 is 20.1 Å². The number of phenolic OH excluding ortho intramolecular Hbond substituents is 2. The van der Waals surface area contributed by atoms with Crippen LogP contribution in [-0.2, 0) is 0 Å². The number of carboxylic acid groups (broad SMARTS) is 1. The molecule has 0 atom stereocenters. The monoisotopic (exact) mass is 277 g/mol. The molecule has 0 bridgehead atoms. The molecular weight excluding hydrogens is 266 g/mol. The van der Waals surface area contributed by atoms with Gasteiger partial charge in [0.1, 0.15) is 9.88 Å². The van der Waals surface area contributed by atoms with Gasteiger partial charge >= 0.3 is 5.97 Å². The Balaban J connectivity index is 2.07. The normalized spacial score (nSPS) is 14.5. The molecule has 6 heteroatoms. The summed E-state index contributed by atoms with van der Waals surface area (Å²) in [5.74, 6) is -1.16. The topological polar surface area (TPSA) is 90.7 Å². The maximum atomic E-state index is 11.2. The largest absolute Gasteiger partial charge is 0.504 e. The highest BCUT2D eigenvalue weighted by Gasteiger charge is 2.32. The van der Waals surface area contributed by atoms with Crippen molar-refractivity contribution in [1.82, 2.24) is 4.98 Å². The highest BCUT2D eigenvalue weighted by molar-refractivity contribution is 7.17. The average Bonchev–Trinajstić information content (AvgIpc) is 3.11. The number of aromatic hydroxyl groups is 2. The second-order valence-corrected chi connectivity index (χ2v) is 5.52. The van der Waals surface area contributed by atoms with Crippen LogP contribution in [0.1, 0.15) is 34.1 Å². The number of carboxylic acids is 1. The van der Waals surface area contributed by atoms with Crippen LogP contribution in [0.4, 0.5) is 0 Å². The van der Waals surface area contributed by atoms with Gasteiger partial charge < -0.3 is 15.3 Å². The summed E-state index contributed by atoms with van der Waals surface area (Å²) in [7, 11) is 0. The summed E-state index contributed by atoms with van der Waals surface area (Å²) in [4.78, 5) is 15.8. The molecule has 1 fully saturated rings. The van der Waals surface area contributed by atoms with Crippen molar-refractivity contribution in [2.75, 3.05) is 0 Å². The summed E-state index contributed by atoms with van der Waals surface area (Å²) < 4.78 is 0. The molecule has 1 aromatic carbocycles. The van der Waals surface area contributed by atoms with Gasteiger partial charge in [-0.25, -0.2) is 9.78 Å². The van der Waals surface area contributed by atoms with Crippen molar-refractivity contribution in [3.63, 3.8) is 0 Å². The van der Waals surface area contributed by atoms with E-state index in [1.54, 1.807) is 6.07 Å².